The number of imide groups is 1. The molecular weight excluding hydrogens is 354 g/mol. The number of carbonyl (C=O) groups is 3. The second-order valence-corrected chi connectivity index (χ2v) is 7.78. The van der Waals surface area contributed by atoms with Crippen molar-refractivity contribution in [2.45, 2.75) is 77.3 Å². The minimum absolute atomic E-state index is 0.121. The number of nitrogens with one attached hydrogen (secondary N) is 2. The molecule has 28 heavy (non-hydrogen) atoms. The van der Waals surface area contributed by atoms with Crippen molar-refractivity contribution in [3.8, 4) is 0 Å². The third-order valence-electron chi connectivity index (χ3n) is 5.68. The molecule has 3 amide bonds. The Hall–Kier alpha value is -2.37. The first-order valence-electron chi connectivity index (χ1n) is 10.6. The first-order valence-corrected chi connectivity index (χ1v) is 10.6. The number of anilines is 1. The van der Waals surface area contributed by atoms with Crippen molar-refractivity contribution < 1.29 is 14.4 Å². The molecule has 0 saturated carbocycles. The summed E-state index contributed by atoms with van der Waals surface area (Å²) in [7, 11) is 0. The van der Waals surface area contributed by atoms with Crippen molar-refractivity contribution in [1.82, 2.24) is 10.2 Å². The summed E-state index contributed by atoms with van der Waals surface area (Å²) >= 11 is 0. The SMILES string of the molecule is CCCCCCCCCNc1cccc2c1CN(C1CCC(=O)NC1=O)C2=O. The second kappa shape index (κ2) is 9.71. The lowest BCUT2D eigenvalue weighted by Gasteiger charge is -2.29. The van der Waals surface area contributed by atoms with Crippen LogP contribution < -0.4 is 10.6 Å². The van der Waals surface area contributed by atoms with Gasteiger partial charge in [0.25, 0.3) is 5.91 Å². The fourth-order valence-corrected chi connectivity index (χ4v) is 4.06. The summed E-state index contributed by atoms with van der Waals surface area (Å²) in [6.45, 7) is 3.53. The highest BCUT2D eigenvalue weighted by molar-refractivity contribution is 6.06. The van der Waals surface area contributed by atoms with Crippen LogP contribution in [0.4, 0.5) is 5.69 Å². The van der Waals surface area contributed by atoms with Crippen LogP contribution in [0.5, 0.6) is 0 Å². The Morgan fingerprint density at radius 1 is 1.07 bits per heavy atom. The summed E-state index contributed by atoms with van der Waals surface area (Å²) < 4.78 is 0. The average Bonchev–Trinajstić information content (AvgIpc) is 3.01. The largest absolute Gasteiger partial charge is 0.385 e. The molecule has 6 nitrogen and oxygen atoms in total. The molecule has 1 saturated heterocycles. The van der Waals surface area contributed by atoms with E-state index in [1.165, 1.54) is 38.5 Å². The fraction of sp³-hybridized carbons (Fsp3) is 0.591. The number of rotatable bonds is 10. The third kappa shape index (κ3) is 4.72. The van der Waals surface area contributed by atoms with Crippen molar-refractivity contribution in [3.05, 3.63) is 29.3 Å². The zero-order valence-corrected chi connectivity index (χ0v) is 16.8. The van der Waals surface area contributed by atoms with Gasteiger partial charge in [0.1, 0.15) is 6.04 Å². The number of carbonyl (C=O) groups excluding carboxylic acids is 3. The van der Waals surface area contributed by atoms with Gasteiger partial charge in [0, 0.05) is 36.3 Å². The number of unbranched alkanes of at least 4 members (excludes halogenated alkanes) is 6. The van der Waals surface area contributed by atoms with Crippen molar-refractivity contribution in [1.29, 1.82) is 0 Å². The van der Waals surface area contributed by atoms with Crippen LogP contribution in [0.3, 0.4) is 0 Å². The second-order valence-electron chi connectivity index (χ2n) is 7.78. The standard InChI is InChI=1S/C22H31N3O3/c1-2-3-4-5-6-7-8-14-23-18-11-9-10-16-17(18)15-25(22(16)28)19-12-13-20(26)24-21(19)27/h9-11,19,23H,2-8,12-15H2,1H3,(H,24,26,27). The predicted octanol–water partition coefficient (Wildman–Crippen LogP) is 3.61. The molecule has 0 aliphatic carbocycles. The molecule has 1 fully saturated rings. The maximum atomic E-state index is 12.8. The summed E-state index contributed by atoms with van der Waals surface area (Å²) in [5.74, 6) is -0.749. The molecule has 2 aliphatic rings. The van der Waals surface area contributed by atoms with Gasteiger partial charge in [-0.15, -0.1) is 0 Å². The molecule has 152 valence electrons. The Labute approximate surface area is 167 Å². The highest BCUT2D eigenvalue weighted by Crippen LogP contribution is 2.32. The number of nitrogens with zero attached hydrogens (tertiary/aromatic N) is 1. The highest BCUT2D eigenvalue weighted by Gasteiger charge is 2.39. The first kappa shape index (κ1) is 20.4. The van der Waals surface area contributed by atoms with Gasteiger partial charge in [0.2, 0.25) is 11.8 Å². The highest BCUT2D eigenvalue weighted by atomic mass is 16.2. The molecule has 0 spiro atoms. The minimum Gasteiger partial charge on any atom is -0.385 e. The van der Waals surface area contributed by atoms with Gasteiger partial charge in [0.05, 0.1) is 0 Å². The summed E-state index contributed by atoms with van der Waals surface area (Å²) in [6, 6.07) is 5.15. The van der Waals surface area contributed by atoms with E-state index in [1.54, 1.807) is 4.90 Å². The number of fused-ring (bicyclic) bond motifs is 1. The van der Waals surface area contributed by atoms with E-state index >= 15 is 0 Å². The molecule has 1 aromatic rings. The number of benzene rings is 1. The third-order valence-corrected chi connectivity index (χ3v) is 5.68. The number of hydrogen-bond acceptors (Lipinski definition) is 4. The zero-order valence-electron chi connectivity index (χ0n) is 16.8. The van der Waals surface area contributed by atoms with E-state index in [-0.39, 0.29) is 24.1 Å². The minimum atomic E-state index is -0.562. The van der Waals surface area contributed by atoms with Gasteiger partial charge in [-0.25, -0.2) is 0 Å². The van der Waals surface area contributed by atoms with Crippen molar-refractivity contribution in [2.75, 3.05) is 11.9 Å². The molecule has 6 heteroatoms. The van der Waals surface area contributed by atoms with Gasteiger partial charge in [-0.1, -0.05) is 51.5 Å². The summed E-state index contributed by atoms with van der Waals surface area (Å²) in [5, 5.41) is 5.82. The topological polar surface area (TPSA) is 78.5 Å². The molecule has 1 unspecified atom stereocenters. The van der Waals surface area contributed by atoms with Crippen LogP contribution in [0.2, 0.25) is 0 Å². The van der Waals surface area contributed by atoms with Gasteiger partial charge in [-0.05, 0) is 25.0 Å². The summed E-state index contributed by atoms with van der Waals surface area (Å²) in [6.07, 6.45) is 9.51. The first-order chi connectivity index (χ1) is 13.6. The molecule has 2 heterocycles. The summed E-state index contributed by atoms with van der Waals surface area (Å²) in [5.41, 5.74) is 2.60. The molecule has 1 aromatic carbocycles. The molecule has 0 aromatic heterocycles. The van der Waals surface area contributed by atoms with Crippen molar-refractivity contribution in [3.63, 3.8) is 0 Å². The Morgan fingerprint density at radius 3 is 2.57 bits per heavy atom. The Bertz CT molecular complexity index is 732. The smallest absolute Gasteiger partial charge is 0.255 e. The predicted molar refractivity (Wildman–Crippen MR) is 109 cm³/mol. The van der Waals surface area contributed by atoms with Gasteiger partial charge in [-0.3, -0.25) is 19.7 Å². The molecule has 2 aliphatic heterocycles. The maximum Gasteiger partial charge on any atom is 0.255 e. The van der Waals surface area contributed by atoms with Crippen LogP contribution in [0.1, 0.15) is 80.6 Å². The van der Waals surface area contributed by atoms with E-state index < -0.39 is 6.04 Å². The molecular formula is C22H31N3O3. The monoisotopic (exact) mass is 385 g/mol. The molecule has 3 rings (SSSR count). The van der Waals surface area contributed by atoms with E-state index in [0.29, 0.717) is 18.5 Å². The lowest BCUT2D eigenvalue weighted by Crippen LogP contribution is -2.52. The fourth-order valence-electron chi connectivity index (χ4n) is 4.06. The molecule has 2 N–H and O–H groups in total. The summed E-state index contributed by atoms with van der Waals surface area (Å²) in [4.78, 5) is 38.0. The van der Waals surface area contributed by atoms with Gasteiger partial charge < -0.3 is 10.2 Å². The van der Waals surface area contributed by atoms with E-state index in [2.05, 4.69) is 17.6 Å². The van der Waals surface area contributed by atoms with Crippen LogP contribution in [0, 0.1) is 0 Å². The quantitative estimate of drug-likeness (QED) is 0.476. The number of amides is 3. The van der Waals surface area contributed by atoms with Crippen molar-refractivity contribution in [2.24, 2.45) is 0 Å². The molecule has 0 bridgehead atoms. The van der Waals surface area contributed by atoms with Crippen LogP contribution >= 0.6 is 0 Å². The lowest BCUT2D eigenvalue weighted by atomic mass is 10.0. The van der Waals surface area contributed by atoms with Gasteiger partial charge in [0.15, 0.2) is 0 Å². The average molecular weight is 386 g/mol. The zero-order chi connectivity index (χ0) is 19.9. The molecule has 1 atom stereocenters. The van der Waals surface area contributed by atoms with E-state index in [9.17, 15) is 14.4 Å². The van der Waals surface area contributed by atoms with Crippen LogP contribution in [-0.2, 0) is 16.1 Å². The van der Waals surface area contributed by atoms with E-state index in [1.807, 2.05) is 18.2 Å². The number of piperidine rings is 1. The maximum absolute atomic E-state index is 12.8. The normalized spacial score (nSPS) is 19.0. The Kier molecular flexibility index (Phi) is 7.06. The van der Waals surface area contributed by atoms with Crippen molar-refractivity contribution >= 4 is 23.4 Å². The number of hydrogen-bond donors (Lipinski definition) is 2. The Balaban J connectivity index is 1.54. The van der Waals surface area contributed by atoms with Gasteiger partial charge >= 0.3 is 0 Å². The Morgan fingerprint density at radius 2 is 1.82 bits per heavy atom. The molecule has 0 radical (unpaired) electrons. The van der Waals surface area contributed by atoms with Crippen LogP contribution in [0.25, 0.3) is 0 Å². The lowest BCUT2D eigenvalue weighted by molar-refractivity contribution is -0.136. The van der Waals surface area contributed by atoms with Crippen LogP contribution in [0.15, 0.2) is 18.2 Å². The van der Waals surface area contributed by atoms with Crippen LogP contribution in [-0.4, -0.2) is 35.2 Å². The van der Waals surface area contributed by atoms with E-state index in [4.69, 9.17) is 0 Å². The van der Waals surface area contributed by atoms with Gasteiger partial charge in [-0.2, -0.15) is 0 Å². The van der Waals surface area contributed by atoms with E-state index in [0.717, 1.165) is 24.2 Å².